The molecule has 0 atom stereocenters. The van der Waals surface area contributed by atoms with E-state index in [2.05, 4.69) is 202 Å². The summed E-state index contributed by atoms with van der Waals surface area (Å²) in [6.45, 7) is 0. The first kappa shape index (κ1) is 33.8. The molecule has 0 N–H and O–H groups in total. The van der Waals surface area contributed by atoms with Gasteiger partial charge in [0, 0.05) is 46.5 Å². The van der Waals surface area contributed by atoms with Crippen molar-refractivity contribution < 1.29 is 0 Å². The largest absolute Gasteiger partial charge is 0.311 e. The number of aromatic nitrogens is 2. The van der Waals surface area contributed by atoms with Crippen molar-refractivity contribution in [1.82, 2.24) is 9.97 Å². The second kappa shape index (κ2) is 16.4. The molecule has 0 saturated carbocycles. The highest BCUT2D eigenvalue weighted by Gasteiger charge is 2.13. The van der Waals surface area contributed by atoms with Gasteiger partial charge >= 0.3 is 0 Å². The van der Waals surface area contributed by atoms with Crippen molar-refractivity contribution in [2.45, 2.75) is 0 Å². The lowest BCUT2D eigenvalue weighted by atomic mass is 10.1. The van der Waals surface area contributed by atoms with Crippen LogP contribution >= 0.6 is 0 Å². The van der Waals surface area contributed by atoms with Crippen LogP contribution in [0.5, 0.6) is 0 Å². The summed E-state index contributed by atoms with van der Waals surface area (Å²) in [6, 6.07) is 67.3. The SMILES string of the molecule is C(=C\c1ccnc(-c2cc(/C=C/c3ccc(N(c4ccccc4)c4ccccc4)cc3)ccn2)c1)/c1ccc(N(c2ccccc2)c2ccccc2)cc1. The third-order valence-corrected chi connectivity index (χ3v) is 9.13. The monoisotopic (exact) mass is 694 g/mol. The van der Waals surface area contributed by atoms with Crippen LogP contribution in [-0.2, 0) is 0 Å². The fraction of sp³-hybridized carbons (Fsp3) is 0. The van der Waals surface area contributed by atoms with Crippen LogP contribution in [0.25, 0.3) is 35.7 Å². The number of para-hydroxylation sites is 4. The summed E-state index contributed by atoms with van der Waals surface area (Å²) in [5.41, 5.74) is 12.7. The van der Waals surface area contributed by atoms with Crippen molar-refractivity contribution in [3.8, 4) is 11.4 Å². The van der Waals surface area contributed by atoms with E-state index in [1.807, 2.05) is 48.8 Å². The smallest absolute Gasteiger partial charge is 0.0892 e. The average molecular weight is 695 g/mol. The van der Waals surface area contributed by atoms with E-state index < -0.39 is 0 Å². The summed E-state index contributed by atoms with van der Waals surface area (Å²) >= 11 is 0. The zero-order chi connectivity index (χ0) is 36.4. The molecule has 0 saturated heterocycles. The molecule has 2 heterocycles. The maximum atomic E-state index is 4.66. The van der Waals surface area contributed by atoms with Gasteiger partial charge in [-0.1, -0.05) is 121 Å². The first-order chi connectivity index (χ1) is 26.8. The van der Waals surface area contributed by atoms with E-state index in [0.717, 1.165) is 67.8 Å². The Balaban J connectivity index is 0.962. The Hall–Kier alpha value is -7.30. The Kier molecular flexibility index (Phi) is 10.2. The summed E-state index contributed by atoms with van der Waals surface area (Å²) in [4.78, 5) is 13.8. The van der Waals surface area contributed by atoms with E-state index in [9.17, 15) is 0 Å². The van der Waals surface area contributed by atoms with E-state index in [0.29, 0.717) is 0 Å². The minimum absolute atomic E-state index is 0.829. The maximum absolute atomic E-state index is 4.66. The van der Waals surface area contributed by atoms with Gasteiger partial charge in [0.15, 0.2) is 0 Å². The highest BCUT2D eigenvalue weighted by Crippen LogP contribution is 2.35. The van der Waals surface area contributed by atoms with Gasteiger partial charge in [0.2, 0.25) is 0 Å². The number of hydrogen-bond acceptors (Lipinski definition) is 4. The predicted octanol–water partition coefficient (Wildman–Crippen LogP) is 13.4. The van der Waals surface area contributed by atoms with E-state index in [-0.39, 0.29) is 0 Å². The fourth-order valence-electron chi connectivity index (χ4n) is 6.44. The second-order valence-corrected chi connectivity index (χ2v) is 12.8. The first-order valence-corrected chi connectivity index (χ1v) is 18.1. The third kappa shape index (κ3) is 8.09. The Morgan fingerprint density at radius 2 is 0.556 bits per heavy atom. The predicted molar refractivity (Wildman–Crippen MR) is 228 cm³/mol. The van der Waals surface area contributed by atoms with Gasteiger partial charge in [-0.25, -0.2) is 0 Å². The summed E-state index contributed by atoms with van der Waals surface area (Å²) in [7, 11) is 0. The number of anilines is 6. The lowest BCUT2D eigenvalue weighted by Crippen LogP contribution is -2.09. The topological polar surface area (TPSA) is 32.3 Å². The Morgan fingerprint density at radius 1 is 0.278 bits per heavy atom. The van der Waals surface area contributed by atoms with E-state index in [4.69, 9.17) is 0 Å². The zero-order valence-corrected chi connectivity index (χ0v) is 29.7. The van der Waals surface area contributed by atoms with Gasteiger partial charge in [0.25, 0.3) is 0 Å². The molecule has 54 heavy (non-hydrogen) atoms. The van der Waals surface area contributed by atoms with E-state index >= 15 is 0 Å². The van der Waals surface area contributed by atoms with Crippen LogP contribution in [-0.4, -0.2) is 9.97 Å². The summed E-state index contributed by atoms with van der Waals surface area (Å²) in [6.07, 6.45) is 12.2. The number of nitrogens with zero attached hydrogens (tertiary/aromatic N) is 4. The van der Waals surface area contributed by atoms with Gasteiger partial charge in [-0.05, 0) is 119 Å². The summed E-state index contributed by atoms with van der Waals surface area (Å²) < 4.78 is 0. The Morgan fingerprint density at radius 3 is 0.870 bits per heavy atom. The lowest BCUT2D eigenvalue weighted by Gasteiger charge is -2.25. The number of benzene rings is 6. The van der Waals surface area contributed by atoms with Crippen LogP contribution in [0.3, 0.4) is 0 Å². The molecule has 8 aromatic rings. The molecule has 0 bridgehead atoms. The molecule has 0 amide bonds. The van der Waals surface area contributed by atoms with Gasteiger partial charge in [-0.2, -0.15) is 0 Å². The first-order valence-electron chi connectivity index (χ1n) is 18.1. The molecule has 0 unspecified atom stereocenters. The summed E-state index contributed by atoms with van der Waals surface area (Å²) in [5.74, 6) is 0. The molecule has 258 valence electrons. The van der Waals surface area contributed by atoms with Crippen LogP contribution < -0.4 is 9.80 Å². The molecule has 0 radical (unpaired) electrons. The van der Waals surface area contributed by atoms with Crippen LogP contribution in [0, 0.1) is 0 Å². The van der Waals surface area contributed by atoms with Crippen LogP contribution in [0.15, 0.2) is 207 Å². The van der Waals surface area contributed by atoms with Crippen LogP contribution in [0.1, 0.15) is 22.3 Å². The fourth-order valence-corrected chi connectivity index (χ4v) is 6.44. The van der Waals surface area contributed by atoms with Crippen molar-refractivity contribution in [3.05, 3.63) is 229 Å². The second-order valence-electron chi connectivity index (χ2n) is 12.8. The minimum Gasteiger partial charge on any atom is -0.311 e. The maximum Gasteiger partial charge on any atom is 0.0892 e. The molecule has 6 aromatic carbocycles. The Bertz CT molecular complexity index is 2200. The van der Waals surface area contributed by atoms with Gasteiger partial charge < -0.3 is 9.80 Å². The summed E-state index contributed by atoms with van der Waals surface area (Å²) in [5, 5.41) is 0. The van der Waals surface area contributed by atoms with Gasteiger partial charge in [0.1, 0.15) is 0 Å². The molecule has 2 aromatic heterocycles. The van der Waals surface area contributed by atoms with Crippen molar-refractivity contribution in [1.29, 1.82) is 0 Å². The molecule has 0 spiro atoms. The highest BCUT2D eigenvalue weighted by atomic mass is 15.1. The minimum atomic E-state index is 0.829. The van der Waals surface area contributed by atoms with Crippen molar-refractivity contribution in [2.24, 2.45) is 0 Å². The standard InChI is InChI=1S/C50H38N4/c1-5-13-43(14-6-1)53(44-15-7-2-8-16-44)47-29-25-39(26-30-47)21-23-41-33-35-51-49(37-41)50-38-42(34-36-52-50)24-22-40-27-31-48(32-28-40)54(45-17-9-3-10-18-45)46-19-11-4-12-20-46/h1-38H/b23-21+,24-22+. The van der Waals surface area contributed by atoms with Gasteiger partial charge in [0.05, 0.1) is 11.4 Å². The van der Waals surface area contributed by atoms with Crippen molar-refractivity contribution in [2.75, 3.05) is 9.80 Å². The molecule has 0 aliphatic carbocycles. The Labute approximate surface area is 317 Å². The van der Waals surface area contributed by atoms with Crippen molar-refractivity contribution in [3.63, 3.8) is 0 Å². The number of hydrogen-bond donors (Lipinski definition) is 0. The molecule has 8 rings (SSSR count). The van der Waals surface area contributed by atoms with Crippen LogP contribution in [0.4, 0.5) is 34.1 Å². The molecule has 4 nitrogen and oxygen atoms in total. The normalized spacial score (nSPS) is 11.2. The third-order valence-electron chi connectivity index (χ3n) is 9.13. The molecule has 0 aliphatic heterocycles. The number of pyridine rings is 2. The quantitative estimate of drug-likeness (QED) is 0.135. The van der Waals surface area contributed by atoms with Crippen LogP contribution in [0.2, 0.25) is 0 Å². The van der Waals surface area contributed by atoms with E-state index in [1.165, 1.54) is 0 Å². The zero-order valence-electron chi connectivity index (χ0n) is 29.7. The molecule has 0 fully saturated rings. The highest BCUT2D eigenvalue weighted by molar-refractivity contribution is 5.80. The molecule has 4 heteroatoms. The van der Waals surface area contributed by atoms with E-state index in [1.54, 1.807) is 0 Å². The lowest BCUT2D eigenvalue weighted by molar-refractivity contribution is 1.24. The molecular weight excluding hydrogens is 657 g/mol. The molecule has 0 aliphatic rings. The average Bonchev–Trinajstić information content (AvgIpc) is 3.25. The van der Waals surface area contributed by atoms with Gasteiger partial charge in [-0.3, -0.25) is 9.97 Å². The van der Waals surface area contributed by atoms with Crippen molar-refractivity contribution >= 4 is 58.4 Å². The number of rotatable bonds is 11. The van der Waals surface area contributed by atoms with Gasteiger partial charge in [-0.15, -0.1) is 0 Å². The molecular formula is C50H38N4.